The van der Waals surface area contributed by atoms with E-state index in [9.17, 15) is 28.0 Å². The molecule has 6 rings (SSSR count). The van der Waals surface area contributed by atoms with E-state index >= 15 is 0 Å². The van der Waals surface area contributed by atoms with Gasteiger partial charge in [0.15, 0.2) is 6.04 Å². The summed E-state index contributed by atoms with van der Waals surface area (Å²) in [6, 6.07) is 10.7. The van der Waals surface area contributed by atoms with Gasteiger partial charge in [-0.05, 0) is 24.6 Å². The second-order valence-corrected chi connectivity index (χ2v) is 12.5. The third-order valence-corrected chi connectivity index (χ3v) is 9.41. The molecule has 1 aromatic carbocycles. The summed E-state index contributed by atoms with van der Waals surface area (Å²) >= 11 is 6.74. The van der Waals surface area contributed by atoms with Crippen LogP contribution in [0.15, 0.2) is 61.1 Å². The Kier molecular flexibility index (Phi) is 7.39. The van der Waals surface area contributed by atoms with Gasteiger partial charge in [0.2, 0.25) is 5.91 Å². The van der Waals surface area contributed by atoms with Crippen LogP contribution in [0.1, 0.15) is 42.9 Å². The van der Waals surface area contributed by atoms with Gasteiger partial charge in [0, 0.05) is 35.8 Å². The summed E-state index contributed by atoms with van der Waals surface area (Å²) in [7, 11) is 3.20. The van der Waals surface area contributed by atoms with Gasteiger partial charge in [-0.15, -0.1) is 0 Å². The molecule has 2 aliphatic heterocycles. The van der Waals surface area contributed by atoms with Crippen molar-refractivity contribution in [1.29, 1.82) is 5.26 Å². The molecular weight excluding hydrogens is 595 g/mol. The number of benzene rings is 1. The van der Waals surface area contributed by atoms with Crippen molar-refractivity contribution >= 4 is 34.9 Å². The molecule has 3 aliphatic rings. The smallest absolute Gasteiger partial charge is 0.329 e. The molecule has 2 amide bonds. The Morgan fingerprint density at radius 1 is 1.23 bits per heavy atom. The van der Waals surface area contributed by atoms with Gasteiger partial charge in [-0.3, -0.25) is 24.5 Å². The first kappa shape index (κ1) is 30.0. The van der Waals surface area contributed by atoms with Gasteiger partial charge >= 0.3 is 5.91 Å². The normalized spacial score (nSPS) is 23.5. The van der Waals surface area contributed by atoms with E-state index in [1.165, 1.54) is 35.5 Å². The summed E-state index contributed by atoms with van der Waals surface area (Å²) in [5.74, 6) is -3.89. The van der Waals surface area contributed by atoms with E-state index in [1.807, 2.05) is 0 Å². The molecule has 2 aromatic heterocycles. The average molecular weight is 625 g/mol. The number of amides is 2. The maximum Gasteiger partial charge on any atom is 0.340 e. The predicted molar refractivity (Wildman–Crippen MR) is 156 cm³/mol. The Morgan fingerprint density at radius 2 is 1.95 bits per heavy atom. The lowest BCUT2D eigenvalue weighted by Gasteiger charge is -2.49. The molecule has 13 heteroatoms. The molecule has 1 N–H and O–H groups in total. The number of rotatable bonds is 8. The number of anilines is 2. The number of aromatic nitrogens is 2. The number of pyridine rings is 2. The fourth-order valence-corrected chi connectivity index (χ4v) is 6.74. The van der Waals surface area contributed by atoms with E-state index in [-0.39, 0.29) is 33.3 Å². The molecule has 228 valence electrons. The molecule has 3 aromatic rings. The molecular formula is C31H30ClF3N7O2+. The summed E-state index contributed by atoms with van der Waals surface area (Å²) in [5.41, 5.74) is -0.174. The summed E-state index contributed by atoms with van der Waals surface area (Å²) in [6.07, 6.45) is 3.55. The van der Waals surface area contributed by atoms with Crippen LogP contribution in [0.25, 0.3) is 0 Å². The maximum atomic E-state index is 14.8. The zero-order chi connectivity index (χ0) is 31.4. The summed E-state index contributed by atoms with van der Waals surface area (Å²) < 4.78 is 42.6. The number of carbonyl (C=O) groups excluding carboxylic acids is 2. The van der Waals surface area contributed by atoms with Crippen molar-refractivity contribution in [1.82, 2.24) is 15.3 Å². The third kappa shape index (κ3) is 5.08. The number of hydrogen-bond donors (Lipinski definition) is 1. The molecule has 2 saturated heterocycles. The largest absolute Gasteiger partial charge is 0.340 e. The molecule has 9 nitrogen and oxygen atoms in total. The van der Waals surface area contributed by atoms with Crippen LogP contribution in [-0.2, 0) is 9.59 Å². The second-order valence-electron chi connectivity index (χ2n) is 12.1. The van der Waals surface area contributed by atoms with Gasteiger partial charge in [0.25, 0.3) is 5.92 Å². The van der Waals surface area contributed by atoms with Crippen LogP contribution in [0.5, 0.6) is 0 Å². The second kappa shape index (κ2) is 10.8. The Morgan fingerprint density at radius 3 is 2.59 bits per heavy atom. The fraction of sp³-hybridized carbons (Fsp3) is 0.387. The van der Waals surface area contributed by atoms with E-state index in [4.69, 9.17) is 11.6 Å². The van der Waals surface area contributed by atoms with Gasteiger partial charge in [-0.25, -0.2) is 22.9 Å². The highest BCUT2D eigenvalue weighted by Gasteiger charge is 2.64. The summed E-state index contributed by atoms with van der Waals surface area (Å²) in [5, 5.41) is 13.1. The number of carbonyl (C=O) groups is 2. The van der Waals surface area contributed by atoms with E-state index in [1.54, 1.807) is 43.3 Å². The zero-order valence-corrected chi connectivity index (χ0v) is 24.8. The quantitative estimate of drug-likeness (QED) is 0.288. The number of hydrogen-bond acceptors (Lipinski definition) is 7. The van der Waals surface area contributed by atoms with Crippen LogP contribution < -0.4 is 15.1 Å². The fourth-order valence-electron chi connectivity index (χ4n) is 6.50. The zero-order valence-electron chi connectivity index (χ0n) is 24.1. The molecule has 3 atom stereocenters. The Labute approximate surface area is 257 Å². The van der Waals surface area contributed by atoms with Crippen molar-refractivity contribution in [3.63, 3.8) is 0 Å². The number of likely N-dealkylation sites (N-methyl/N-ethyl adjacent to an activating group) is 1. The molecule has 4 heterocycles. The average Bonchev–Trinajstić information content (AvgIpc) is 3.68. The van der Waals surface area contributed by atoms with E-state index in [2.05, 4.69) is 21.4 Å². The molecule has 1 unspecified atom stereocenters. The molecule has 1 aliphatic carbocycles. The maximum absolute atomic E-state index is 14.8. The molecule has 3 fully saturated rings. The molecule has 1 saturated carbocycles. The molecule has 44 heavy (non-hydrogen) atoms. The van der Waals surface area contributed by atoms with Gasteiger partial charge in [0.1, 0.15) is 23.3 Å². The molecule has 0 spiro atoms. The summed E-state index contributed by atoms with van der Waals surface area (Å²) in [6.45, 7) is 0.291. The van der Waals surface area contributed by atoms with Crippen molar-refractivity contribution in [3.8, 4) is 6.07 Å². The van der Waals surface area contributed by atoms with Crippen LogP contribution in [-0.4, -0.2) is 70.6 Å². The monoisotopic (exact) mass is 624 g/mol. The predicted octanol–water partition coefficient (Wildman–Crippen LogP) is 4.58. The minimum Gasteiger partial charge on any atom is -0.329 e. The van der Waals surface area contributed by atoms with E-state index in [0.717, 1.165) is 6.20 Å². The van der Waals surface area contributed by atoms with E-state index in [0.29, 0.717) is 24.1 Å². The van der Waals surface area contributed by atoms with Crippen molar-refractivity contribution in [3.05, 3.63) is 83.0 Å². The first-order valence-corrected chi connectivity index (χ1v) is 14.6. The Bertz CT molecular complexity index is 1670. The number of nitrogens with one attached hydrogen (secondary N) is 1. The Hall–Kier alpha value is -4.05. The van der Waals surface area contributed by atoms with Gasteiger partial charge < -0.3 is 4.90 Å². The Balaban J connectivity index is 1.52. The molecule has 0 radical (unpaired) electrons. The van der Waals surface area contributed by atoms with Crippen LogP contribution >= 0.6 is 11.6 Å². The minimum atomic E-state index is -2.86. The standard InChI is InChI=1S/C31H30ClF3N7O2/c1-42(2,22-13-30(34,35)14-22)29(44)28(23-5-3-4-6-24(23)32)41(21-12-20(33)16-37-17-21)31(18-39-31)25-7-8-27(43)40(25)26-11-19(15-36)9-10-38-26/h3-6,9-12,16-17,22,25,28,39H,7-8,13-14,18H2,1-2H3/q+1/t25-,28-,31?/m0/s1. The lowest BCUT2D eigenvalue weighted by molar-refractivity contribution is -0.852. The van der Waals surface area contributed by atoms with Gasteiger partial charge in [0.05, 0.1) is 62.7 Å². The van der Waals surface area contributed by atoms with E-state index < -0.39 is 54.3 Å². The number of quaternary nitrogens is 1. The highest BCUT2D eigenvalue weighted by atomic mass is 35.5. The SMILES string of the molecule is C[N+](C)(C(=O)[C@H](c1ccccc1Cl)N(c1cncc(F)c1)C1([C@@H]2CCC(=O)N2c2cc(C#N)ccn2)CN1)C1CC(F)(F)C1. The lowest BCUT2D eigenvalue weighted by atomic mass is 9.84. The van der Waals surface area contributed by atoms with Crippen molar-refractivity contribution in [2.75, 3.05) is 30.4 Å². The van der Waals surface area contributed by atoms with Crippen molar-refractivity contribution in [2.24, 2.45) is 0 Å². The highest BCUT2D eigenvalue weighted by Crippen LogP contribution is 2.49. The summed E-state index contributed by atoms with van der Waals surface area (Å²) in [4.78, 5) is 39.8. The van der Waals surface area contributed by atoms with Crippen LogP contribution in [0, 0.1) is 17.1 Å². The van der Waals surface area contributed by atoms with Gasteiger partial charge in [-0.1, -0.05) is 29.8 Å². The van der Waals surface area contributed by atoms with Crippen molar-refractivity contribution < 1.29 is 27.2 Å². The van der Waals surface area contributed by atoms with Gasteiger partial charge in [-0.2, -0.15) is 5.26 Å². The number of nitriles is 1. The van der Waals surface area contributed by atoms with Crippen molar-refractivity contribution in [2.45, 2.75) is 55.4 Å². The first-order chi connectivity index (χ1) is 20.9. The topological polar surface area (TPSA) is 112 Å². The number of alkyl halides is 2. The third-order valence-electron chi connectivity index (χ3n) is 9.06. The van der Waals surface area contributed by atoms with Crippen LogP contribution in [0.4, 0.5) is 24.7 Å². The minimum absolute atomic E-state index is 0.172. The molecule has 0 bridgehead atoms. The number of halogens is 4. The van der Waals surface area contributed by atoms with Crippen LogP contribution in [0.3, 0.4) is 0 Å². The number of nitrogens with zero attached hydrogens (tertiary/aromatic N) is 6. The van der Waals surface area contributed by atoms with Crippen LogP contribution in [0.2, 0.25) is 5.02 Å². The highest BCUT2D eigenvalue weighted by molar-refractivity contribution is 6.31. The first-order valence-electron chi connectivity index (χ1n) is 14.2. The lowest BCUT2D eigenvalue weighted by Crippen LogP contribution is -2.66.